The molecule has 3 aromatic rings. The van der Waals surface area contributed by atoms with Crippen LogP contribution in [0.25, 0.3) is 16.9 Å². The molecule has 0 spiro atoms. The molecule has 1 saturated heterocycles. The standard InChI is InChI=1S/C20H20N5O2/c21-19(27)16-8-9-17(25-20(16)22-13-23-25)15-6-4-14(5-7-15)12-18(26)24-10-2-1-3-11-24/h4-9H,1-3,10-12H2,(H2,21,27). The SMILES string of the molecule is NC(=O)c1ccc(-c2ccc(CC(=O)N3CCCCC3)cc2)n2n[c]nc12. The van der Waals surface area contributed by atoms with Crippen molar-refractivity contribution in [1.29, 1.82) is 0 Å². The third-order valence-electron chi connectivity index (χ3n) is 4.96. The molecule has 2 amide bonds. The number of primary amides is 1. The number of pyridine rings is 1. The van der Waals surface area contributed by atoms with Crippen molar-refractivity contribution in [2.75, 3.05) is 13.1 Å². The lowest BCUT2D eigenvalue weighted by molar-refractivity contribution is -0.131. The van der Waals surface area contributed by atoms with E-state index in [1.807, 2.05) is 29.2 Å². The van der Waals surface area contributed by atoms with Gasteiger partial charge in [-0.25, -0.2) is 9.50 Å². The number of hydrogen-bond acceptors (Lipinski definition) is 4. The van der Waals surface area contributed by atoms with Gasteiger partial charge >= 0.3 is 0 Å². The second-order valence-corrected chi connectivity index (χ2v) is 6.76. The molecule has 0 bridgehead atoms. The molecule has 27 heavy (non-hydrogen) atoms. The summed E-state index contributed by atoms with van der Waals surface area (Å²) >= 11 is 0. The monoisotopic (exact) mass is 362 g/mol. The maximum atomic E-state index is 12.4. The highest BCUT2D eigenvalue weighted by molar-refractivity contribution is 5.99. The Labute approximate surface area is 156 Å². The molecule has 137 valence electrons. The van der Waals surface area contributed by atoms with Crippen LogP contribution in [-0.2, 0) is 11.2 Å². The molecule has 7 heteroatoms. The van der Waals surface area contributed by atoms with Crippen LogP contribution < -0.4 is 5.73 Å². The van der Waals surface area contributed by atoms with Crippen molar-refractivity contribution < 1.29 is 9.59 Å². The number of nitrogens with zero attached hydrogens (tertiary/aromatic N) is 4. The van der Waals surface area contributed by atoms with Gasteiger partial charge in [0.05, 0.1) is 17.7 Å². The van der Waals surface area contributed by atoms with Gasteiger partial charge in [-0.15, -0.1) is 5.10 Å². The summed E-state index contributed by atoms with van der Waals surface area (Å²) in [6, 6.07) is 11.2. The van der Waals surface area contributed by atoms with Gasteiger partial charge in [-0.05, 0) is 37.0 Å². The Morgan fingerprint density at radius 1 is 1.04 bits per heavy atom. The van der Waals surface area contributed by atoms with E-state index in [9.17, 15) is 9.59 Å². The summed E-state index contributed by atoms with van der Waals surface area (Å²) in [7, 11) is 0. The van der Waals surface area contributed by atoms with E-state index in [1.165, 1.54) is 6.42 Å². The molecule has 2 N–H and O–H groups in total. The van der Waals surface area contributed by atoms with Crippen LogP contribution in [0.4, 0.5) is 0 Å². The number of piperidine rings is 1. The summed E-state index contributed by atoms with van der Waals surface area (Å²) in [6.07, 6.45) is 6.33. The van der Waals surface area contributed by atoms with Gasteiger partial charge in [0.25, 0.3) is 5.91 Å². The molecule has 7 nitrogen and oxygen atoms in total. The van der Waals surface area contributed by atoms with Gasteiger partial charge < -0.3 is 10.6 Å². The highest BCUT2D eigenvalue weighted by Crippen LogP contribution is 2.22. The highest BCUT2D eigenvalue weighted by Gasteiger charge is 2.17. The first kappa shape index (κ1) is 17.2. The quantitative estimate of drug-likeness (QED) is 0.766. The maximum Gasteiger partial charge on any atom is 0.252 e. The number of likely N-dealkylation sites (tertiary alicyclic amines) is 1. The largest absolute Gasteiger partial charge is 0.365 e. The van der Waals surface area contributed by atoms with Gasteiger partial charge in [0.2, 0.25) is 12.2 Å². The molecular weight excluding hydrogens is 342 g/mol. The summed E-state index contributed by atoms with van der Waals surface area (Å²) in [5.41, 5.74) is 8.73. The predicted octanol–water partition coefficient (Wildman–Crippen LogP) is 1.85. The van der Waals surface area contributed by atoms with Crippen molar-refractivity contribution in [1.82, 2.24) is 19.5 Å². The fourth-order valence-electron chi connectivity index (χ4n) is 3.49. The average Bonchev–Trinajstić information content (AvgIpc) is 3.18. The molecule has 1 radical (unpaired) electrons. The summed E-state index contributed by atoms with van der Waals surface area (Å²) < 4.78 is 1.55. The first-order valence-electron chi connectivity index (χ1n) is 9.06. The number of amides is 2. The predicted molar refractivity (Wildman–Crippen MR) is 99.9 cm³/mol. The van der Waals surface area contributed by atoms with E-state index in [0.717, 1.165) is 42.8 Å². The van der Waals surface area contributed by atoms with Crippen LogP contribution in [-0.4, -0.2) is 44.4 Å². The molecule has 2 aromatic heterocycles. The number of carbonyl (C=O) groups is 2. The fourth-order valence-corrected chi connectivity index (χ4v) is 3.49. The molecule has 0 saturated carbocycles. The lowest BCUT2D eigenvalue weighted by atomic mass is 10.0. The van der Waals surface area contributed by atoms with Crippen molar-refractivity contribution in [3.63, 3.8) is 0 Å². The van der Waals surface area contributed by atoms with E-state index in [-0.39, 0.29) is 5.91 Å². The maximum absolute atomic E-state index is 12.4. The van der Waals surface area contributed by atoms with Gasteiger partial charge in [0.15, 0.2) is 5.65 Å². The molecule has 1 fully saturated rings. The summed E-state index contributed by atoms with van der Waals surface area (Å²) in [5, 5.41) is 4.08. The molecular formula is C20H20N5O2. The Hall–Kier alpha value is -3.22. The van der Waals surface area contributed by atoms with Crippen molar-refractivity contribution in [3.05, 3.63) is 53.9 Å². The molecule has 1 aromatic carbocycles. The minimum absolute atomic E-state index is 0.182. The van der Waals surface area contributed by atoms with Crippen LogP contribution in [0.1, 0.15) is 35.2 Å². The van der Waals surface area contributed by atoms with E-state index >= 15 is 0 Å². The topological polar surface area (TPSA) is 93.6 Å². The molecule has 4 rings (SSSR count). The van der Waals surface area contributed by atoms with Crippen molar-refractivity contribution >= 4 is 17.5 Å². The Morgan fingerprint density at radius 3 is 2.48 bits per heavy atom. The van der Waals surface area contributed by atoms with Crippen LogP contribution in [0.5, 0.6) is 0 Å². The molecule has 1 aliphatic rings. The average molecular weight is 362 g/mol. The smallest absolute Gasteiger partial charge is 0.252 e. The Morgan fingerprint density at radius 2 is 1.78 bits per heavy atom. The number of benzene rings is 1. The van der Waals surface area contributed by atoms with Crippen molar-refractivity contribution in [3.8, 4) is 11.3 Å². The zero-order valence-corrected chi connectivity index (χ0v) is 14.9. The van der Waals surface area contributed by atoms with Gasteiger partial charge in [-0.2, -0.15) is 0 Å². The second-order valence-electron chi connectivity index (χ2n) is 6.76. The lowest BCUT2D eigenvalue weighted by Gasteiger charge is -2.26. The number of nitrogens with two attached hydrogens (primary N) is 1. The summed E-state index contributed by atoms with van der Waals surface area (Å²) in [5.74, 6) is -0.374. The molecule has 0 aliphatic carbocycles. The van der Waals surface area contributed by atoms with Gasteiger partial charge in [-0.1, -0.05) is 24.3 Å². The minimum atomic E-state index is -0.556. The van der Waals surface area contributed by atoms with E-state index < -0.39 is 5.91 Å². The number of carbonyl (C=O) groups excluding carboxylic acids is 2. The molecule has 1 aliphatic heterocycles. The van der Waals surface area contributed by atoms with Gasteiger partial charge in [-0.3, -0.25) is 9.59 Å². The number of hydrogen-bond donors (Lipinski definition) is 1. The molecule has 0 atom stereocenters. The third-order valence-corrected chi connectivity index (χ3v) is 4.96. The zero-order valence-electron chi connectivity index (χ0n) is 14.9. The van der Waals surface area contributed by atoms with Gasteiger partial charge in [0, 0.05) is 18.7 Å². The van der Waals surface area contributed by atoms with E-state index in [0.29, 0.717) is 17.6 Å². The Kier molecular flexibility index (Phi) is 4.58. The Bertz CT molecular complexity index is 987. The summed E-state index contributed by atoms with van der Waals surface area (Å²) in [6.45, 7) is 1.73. The summed E-state index contributed by atoms with van der Waals surface area (Å²) in [4.78, 5) is 29.9. The van der Waals surface area contributed by atoms with Crippen LogP contribution in [0.2, 0.25) is 0 Å². The number of aromatic nitrogens is 3. The lowest BCUT2D eigenvalue weighted by Crippen LogP contribution is -2.36. The number of fused-ring (bicyclic) bond motifs is 1. The van der Waals surface area contributed by atoms with E-state index in [4.69, 9.17) is 5.73 Å². The normalized spacial score (nSPS) is 14.4. The van der Waals surface area contributed by atoms with Crippen LogP contribution in [0.3, 0.4) is 0 Å². The third kappa shape index (κ3) is 3.40. The Balaban J connectivity index is 1.57. The second kappa shape index (κ2) is 7.19. The fraction of sp³-hybridized carbons (Fsp3) is 0.300. The van der Waals surface area contributed by atoms with Crippen LogP contribution in [0.15, 0.2) is 36.4 Å². The van der Waals surface area contributed by atoms with Crippen LogP contribution >= 0.6 is 0 Å². The molecule has 3 heterocycles. The molecule has 0 unspecified atom stereocenters. The van der Waals surface area contributed by atoms with Crippen molar-refractivity contribution in [2.45, 2.75) is 25.7 Å². The zero-order chi connectivity index (χ0) is 18.8. The number of rotatable bonds is 4. The van der Waals surface area contributed by atoms with Gasteiger partial charge in [0.1, 0.15) is 0 Å². The highest BCUT2D eigenvalue weighted by atomic mass is 16.2. The first-order valence-corrected chi connectivity index (χ1v) is 9.06. The first-order chi connectivity index (χ1) is 13.1. The van der Waals surface area contributed by atoms with E-state index in [2.05, 4.69) is 16.4 Å². The van der Waals surface area contributed by atoms with Crippen molar-refractivity contribution in [2.24, 2.45) is 5.73 Å². The van der Waals surface area contributed by atoms with Crippen LogP contribution in [0, 0.1) is 6.33 Å². The van der Waals surface area contributed by atoms with E-state index in [1.54, 1.807) is 16.6 Å². The minimum Gasteiger partial charge on any atom is -0.365 e.